The molecule has 1 aromatic carbocycles. The number of nitrogens with zero attached hydrogens (tertiary/aromatic N) is 1. The van der Waals surface area contributed by atoms with Gasteiger partial charge in [-0.25, -0.2) is 0 Å². The summed E-state index contributed by atoms with van der Waals surface area (Å²) in [6, 6.07) is 7.02. The average Bonchev–Trinajstić information content (AvgIpc) is 2.40. The first-order valence-electron chi connectivity index (χ1n) is 7.37. The lowest BCUT2D eigenvalue weighted by Crippen LogP contribution is -2.36. The Balaban J connectivity index is 2.20. The summed E-state index contributed by atoms with van der Waals surface area (Å²) in [5, 5.41) is 9.70. The molecule has 1 atom stereocenters. The molecule has 3 heteroatoms. The summed E-state index contributed by atoms with van der Waals surface area (Å²) in [5.41, 5.74) is 2.23. The molecule has 1 fully saturated rings. The van der Waals surface area contributed by atoms with Gasteiger partial charge in [0.15, 0.2) is 0 Å². The standard InChI is InChI=1S/C16H24BrNO/c1-3-18(13-7-5-4-6-8-13)14-9-10-15(12(2)19)16(17)11-14/h9-13,19H,3-8H2,1-2H3/t12-/m0/s1. The molecule has 0 heterocycles. The van der Waals surface area contributed by atoms with Gasteiger partial charge in [-0.05, 0) is 44.4 Å². The second-order valence-corrected chi connectivity index (χ2v) is 6.31. The third-order valence-corrected chi connectivity index (χ3v) is 4.81. The second-order valence-electron chi connectivity index (χ2n) is 5.46. The molecule has 0 spiro atoms. The van der Waals surface area contributed by atoms with Gasteiger partial charge in [0, 0.05) is 22.7 Å². The van der Waals surface area contributed by atoms with Gasteiger partial charge in [0.25, 0.3) is 0 Å². The monoisotopic (exact) mass is 325 g/mol. The summed E-state index contributed by atoms with van der Waals surface area (Å²) in [6.45, 7) is 5.08. The van der Waals surface area contributed by atoms with Gasteiger partial charge in [-0.2, -0.15) is 0 Å². The lowest BCUT2D eigenvalue weighted by molar-refractivity contribution is 0.198. The van der Waals surface area contributed by atoms with E-state index in [0.29, 0.717) is 6.04 Å². The van der Waals surface area contributed by atoms with Crippen molar-refractivity contribution in [2.75, 3.05) is 11.4 Å². The number of aliphatic hydroxyl groups excluding tert-OH is 1. The van der Waals surface area contributed by atoms with Gasteiger partial charge in [0.2, 0.25) is 0 Å². The number of halogens is 1. The Labute approximate surface area is 124 Å². The summed E-state index contributed by atoms with van der Waals surface area (Å²) in [4.78, 5) is 2.51. The molecule has 2 nitrogen and oxygen atoms in total. The Kier molecular flexibility index (Phi) is 5.28. The van der Waals surface area contributed by atoms with Crippen molar-refractivity contribution >= 4 is 21.6 Å². The van der Waals surface area contributed by atoms with Crippen LogP contribution in [0.5, 0.6) is 0 Å². The van der Waals surface area contributed by atoms with Crippen LogP contribution < -0.4 is 4.90 Å². The van der Waals surface area contributed by atoms with Crippen molar-refractivity contribution in [3.05, 3.63) is 28.2 Å². The second kappa shape index (κ2) is 6.76. The van der Waals surface area contributed by atoms with E-state index in [-0.39, 0.29) is 0 Å². The van der Waals surface area contributed by atoms with Crippen LogP contribution in [0.15, 0.2) is 22.7 Å². The molecule has 1 aliphatic rings. The van der Waals surface area contributed by atoms with Crippen LogP contribution in [-0.4, -0.2) is 17.7 Å². The Morgan fingerprint density at radius 2 is 2.00 bits per heavy atom. The first-order valence-corrected chi connectivity index (χ1v) is 8.17. The molecule has 106 valence electrons. The summed E-state index contributed by atoms with van der Waals surface area (Å²) >= 11 is 3.58. The molecule has 0 bridgehead atoms. The first-order chi connectivity index (χ1) is 9.13. The van der Waals surface area contributed by atoms with Crippen molar-refractivity contribution in [3.8, 4) is 0 Å². The topological polar surface area (TPSA) is 23.5 Å². The van der Waals surface area contributed by atoms with E-state index in [1.165, 1.54) is 37.8 Å². The largest absolute Gasteiger partial charge is 0.389 e. The highest BCUT2D eigenvalue weighted by Crippen LogP contribution is 2.32. The van der Waals surface area contributed by atoms with Gasteiger partial charge in [0.1, 0.15) is 0 Å². The van der Waals surface area contributed by atoms with E-state index in [2.05, 4.69) is 39.9 Å². The maximum absolute atomic E-state index is 9.70. The zero-order chi connectivity index (χ0) is 13.8. The molecular formula is C16H24BrNO. The van der Waals surface area contributed by atoms with Crippen molar-refractivity contribution in [2.24, 2.45) is 0 Å². The fraction of sp³-hybridized carbons (Fsp3) is 0.625. The summed E-state index contributed by atoms with van der Waals surface area (Å²) in [7, 11) is 0. The SMILES string of the molecule is CCN(c1ccc([C@H](C)O)c(Br)c1)C1CCCCC1. The van der Waals surface area contributed by atoms with E-state index < -0.39 is 6.10 Å². The molecule has 1 aliphatic carbocycles. The van der Waals surface area contributed by atoms with Gasteiger partial charge in [-0.3, -0.25) is 0 Å². The van der Waals surface area contributed by atoms with Crippen LogP contribution in [0.25, 0.3) is 0 Å². The summed E-state index contributed by atoms with van der Waals surface area (Å²) in [6.07, 6.45) is 6.29. The number of anilines is 1. The predicted octanol–water partition coefficient (Wildman–Crippen LogP) is 4.66. The zero-order valence-electron chi connectivity index (χ0n) is 11.9. The van der Waals surface area contributed by atoms with Gasteiger partial charge in [-0.15, -0.1) is 0 Å². The Bertz CT molecular complexity index is 413. The van der Waals surface area contributed by atoms with Crippen molar-refractivity contribution < 1.29 is 5.11 Å². The van der Waals surface area contributed by atoms with Crippen molar-refractivity contribution in [2.45, 2.75) is 58.1 Å². The maximum Gasteiger partial charge on any atom is 0.0772 e. The fourth-order valence-electron chi connectivity index (χ4n) is 3.08. The normalized spacial score (nSPS) is 18.3. The average molecular weight is 326 g/mol. The minimum absolute atomic E-state index is 0.423. The summed E-state index contributed by atoms with van der Waals surface area (Å²) < 4.78 is 1.01. The lowest BCUT2D eigenvalue weighted by Gasteiger charge is -2.35. The first kappa shape index (κ1) is 14.9. The molecule has 0 aliphatic heterocycles. The minimum Gasteiger partial charge on any atom is -0.389 e. The van der Waals surface area contributed by atoms with Gasteiger partial charge in [-0.1, -0.05) is 41.3 Å². The molecule has 1 N–H and O–H groups in total. The van der Waals surface area contributed by atoms with Crippen LogP contribution in [0, 0.1) is 0 Å². The molecule has 0 unspecified atom stereocenters. The molecule has 0 amide bonds. The maximum atomic E-state index is 9.70. The molecule has 2 rings (SSSR count). The van der Waals surface area contributed by atoms with E-state index in [4.69, 9.17) is 0 Å². The van der Waals surface area contributed by atoms with Gasteiger partial charge < -0.3 is 10.0 Å². The van der Waals surface area contributed by atoms with Gasteiger partial charge >= 0.3 is 0 Å². The highest BCUT2D eigenvalue weighted by atomic mass is 79.9. The van der Waals surface area contributed by atoms with Crippen LogP contribution in [0.4, 0.5) is 5.69 Å². The minimum atomic E-state index is -0.423. The molecule has 1 saturated carbocycles. The quantitative estimate of drug-likeness (QED) is 0.870. The number of benzene rings is 1. The number of rotatable bonds is 4. The Morgan fingerprint density at radius 1 is 1.32 bits per heavy atom. The van der Waals surface area contributed by atoms with Crippen LogP contribution in [0.2, 0.25) is 0 Å². The third-order valence-electron chi connectivity index (χ3n) is 4.12. The zero-order valence-corrected chi connectivity index (χ0v) is 13.5. The van der Waals surface area contributed by atoms with Crippen molar-refractivity contribution in [1.82, 2.24) is 0 Å². The van der Waals surface area contributed by atoms with Crippen LogP contribution in [0.3, 0.4) is 0 Å². The van der Waals surface area contributed by atoms with Crippen LogP contribution >= 0.6 is 15.9 Å². The molecule has 0 aromatic heterocycles. The van der Waals surface area contributed by atoms with Crippen molar-refractivity contribution in [3.63, 3.8) is 0 Å². The van der Waals surface area contributed by atoms with E-state index >= 15 is 0 Å². The Morgan fingerprint density at radius 3 is 2.53 bits per heavy atom. The van der Waals surface area contributed by atoms with E-state index in [0.717, 1.165) is 16.6 Å². The lowest BCUT2D eigenvalue weighted by atomic mass is 9.93. The molecule has 0 radical (unpaired) electrons. The van der Waals surface area contributed by atoms with Crippen LogP contribution in [0.1, 0.15) is 57.6 Å². The highest BCUT2D eigenvalue weighted by molar-refractivity contribution is 9.10. The van der Waals surface area contributed by atoms with Gasteiger partial charge in [0.05, 0.1) is 6.10 Å². The van der Waals surface area contributed by atoms with E-state index in [9.17, 15) is 5.11 Å². The van der Waals surface area contributed by atoms with Crippen molar-refractivity contribution in [1.29, 1.82) is 0 Å². The summed E-state index contributed by atoms with van der Waals surface area (Å²) in [5.74, 6) is 0. The third kappa shape index (κ3) is 3.51. The number of hydrogen-bond donors (Lipinski definition) is 1. The van der Waals surface area contributed by atoms with E-state index in [1.54, 1.807) is 6.92 Å². The molecule has 19 heavy (non-hydrogen) atoms. The van der Waals surface area contributed by atoms with E-state index in [1.807, 2.05) is 6.07 Å². The molecule has 1 aromatic rings. The molecular weight excluding hydrogens is 302 g/mol. The smallest absolute Gasteiger partial charge is 0.0772 e. The number of aliphatic hydroxyl groups is 1. The Hall–Kier alpha value is -0.540. The highest BCUT2D eigenvalue weighted by Gasteiger charge is 2.21. The fourth-order valence-corrected chi connectivity index (χ4v) is 3.78. The number of hydrogen-bond acceptors (Lipinski definition) is 2. The van der Waals surface area contributed by atoms with Crippen LogP contribution in [-0.2, 0) is 0 Å². The molecule has 0 saturated heterocycles. The predicted molar refractivity (Wildman–Crippen MR) is 84.7 cm³/mol.